The van der Waals surface area contributed by atoms with Crippen LogP contribution in [0.25, 0.3) is 10.9 Å². The molecule has 1 aliphatic heterocycles. The van der Waals surface area contributed by atoms with Gasteiger partial charge in [-0.3, -0.25) is 0 Å². The first-order valence-corrected chi connectivity index (χ1v) is 6.18. The minimum atomic E-state index is -0.887. The van der Waals surface area contributed by atoms with Crippen molar-refractivity contribution in [2.45, 2.75) is 25.5 Å². The lowest BCUT2D eigenvalue weighted by atomic mass is 10.1. The fourth-order valence-corrected chi connectivity index (χ4v) is 2.48. The maximum Gasteiger partial charge on any atom is 0.335 e. The second-order valence-electron chi connectivity index (χ2n) is 4.68. The molecule has 1 N–H and O–H groups in total. The number of aromatic nitrogens is 1. The van der Waals surface area contributed by atoms with Crippen LogP contribution in [-0.4, -0.2) is 28.4 Å². The van der Waals surface area contributed by atoms with Crippen LogP contribution in [0.5, 0.6) is 0 Å². The summed E-state index contributed by atoms with van der Waals surface area (Å²) >= 11 is 0. The van der Waals surface area contributed by atoms with Gasteiger partial charge in [-0.05, 0) is 36.4 Å². The Kier molecular flexibility index (Phi) is 2.80. The van der Waals surface area contributed by atoms with Crippen molar-refractivity contribution in [1.29, 1.82) is 0 Å². The van der Waals surface area contributed by atoms with Gasteiger partial charge in [-0.15, -0.1) is 0 Å². The Bertz CT molecular complexity index is 582. The number of hydrogen-bond donors (Lipinski definition) is 1. The summed E-state index contributed by atoms with van der Waals surface area (Å²) < 4.78 is 7.70. The predicted octanol–water partition coefficient (Wildman–Crippen LogP) is 2.52. The van der Waals surface area contributed by atoms with Crippen LogP contribution in [0.4, 0.5) is 0 Å². The predicted molar refractivity (Wildman–Crippen MR) is 67.9 cm³/mol. The van der Waals surface area contributed by atoms with E-state index >= 15 is 0 Å². The van der Waals surface area contributed by atoms with Crippen molar-refractivity contribution < 1.29 is 14.6 Å². The molecule has 18 heavy (non-hydrogen) atoms. The maximum atomic E-state index is 11.0. The highest BCUT2D eigenvalue weighted by Crippen LogP contribution is 2.21. The van der Waals surface area contributed by atoms with Gasteiger partial charge in [0.15, 0.2) is 0 Å². The zero-order valence-corrected chi connectivity index (χ0v) is 10.0. The van der Waals surface area contributed by atoms with E-state index in [0.29, 0.717) is 5.56 Å². The number of hydrogen-bond acceptors (Lipinski definition) is 2. The first-order chi connectivity index (χ1) is 8.74. The Balaban J connectivity index is 1.95. The molecular weight excluding hydrogens is 230 g/mol. The molecule has 1 unspecified atom stereocenters. The van der Waals surface area contributed by atoms with Crippen LogP contribution >= 0.6 is 0 Å². The topological polar surface area (TPSA) is 51.5 Å². The van der Waals surface area contributed by atoms with Gasteiger partial charge in [0.05, 0.1) is 11.7 Å². The minimum Gasteiger partial charge on any atom is -0.478 e. The number of aromatic carboxylic acids is 1. The van der Waals surface area contributed by atoms with Gasteiger partial charge in [-0.1, -0.05) is 6.07 Å². The first kappa shape index (κ1) is 11.3. The van der Waals surface area contributed by atoms with Gasteiger partial charge >= 0.3 is 5.97 Å². The van der Waals surface area contributed by atoms with E-state index in [1.165, 1.54) is 0 Å². The van der Waals surface area contributed by atoms with Crippen LogP contribution in [0, 0.1) is 0 Å². The van der Waals surface area contributed by atoms with Gasteiger partial charge in [0.1, 0.15) is 0 Å². The van der Waals surface area contributed by atoms with E-state index in [4.69, 9.17) is 9.84 Å². The van der Waals surface area contributed by atoms with Crippen molar-refractivity contribution in [3.8, 4) is 0 Å². The van der Waals surface area contributed by atoms with E-state index < -0.39 is 5.97 Å². The lowest BCUT2D eigenvalue weighted by molar-refractivity contribution is 0.0697. The SMILES string of the molecule is O=C(O)c1ccc2ccn(CC3CCCO3)c2c1. The summed E-state index contributed by atoms with van der Waals surface area (Å²) in [6, 6.07) is 7.23. The summed E-state index contributed by atoms with van der Waals surface area (Å²) in [7, 11) is 0. The number of benzene rings is 1. The first-order valence-electron chi connectivity index (χ1n) is 6.18. The average Bonchev–Trinajstić information content (AvgIpc) is 2.99. The van der Waals surface area contributed by atoms with Crippen LogP contribution < -0.4 is 0 Å². The summed E-state index contributed by atoms with van der Waals surface area (Å²) in [6.07, 6.45) is 4.45. The number of ether oxygens (including phenoxy) is 1. The lowest BCUT2D eigenvalue weighted by Gasteiger charge is -2.11. The van der Waals surface area contributed by atoms with E-state index in [-0.39, 0.29) is 6.10 Å². The van der Waals surface area contributed by atoms with Crippen molar-refractivity contribution >= 4 is 16.9 Å². The second-order valence-corrected chi connectivity index (χ2v) is 4.68. The molecule has 3 rings (SSSR count). The fourth-order valence-electron chi connectivity index (χ4n) is 2.48. The van der Waals surface area contributed by atoms with Crippen LogP contribution in [0.2, 0.25) is 0 Å². The lowest BCUT2D eigenvalue weighted by Crippen LogP contribution is -2.14. The van der Waals surface area contributed by atoms with Gasteiger partial charge in [-0.2, -0.15) is 0 Å². The molecule has 1 aliphatic rings. The Morgan fingerprint density at radius 2 is 2.33 bits per heavy atom. The highest BCUT2D eigenvalue weighted by atomic mass is 16.5. The molecule has 4 heteroatoms. The van der Waals surface area contributed by atoms with E-state index in [1.54, 1.807) is 12.1 Å². The Morgan fingerprint density at radius 3 is 3.06 bits per heavy atom. The molecule has 2 aromatic rings. The largest absolute Gasteiger partial charge is 0.478 e. The Hall–Kier alpha value is -1.81. The Labute approximate surface area is 105 Å². The summed E-state index contributed by atoms with van der Waals surface area (Å²) in [5.41, 5.74) is 1.29. The molecule has 2 heterocycles. The van der Waals surface area contributed by atoms with Crippen LogP contribution in [0.15, 0.2) is 30.5 Å². The fraction of sp³-hybridized carbons (Fsp3) is 0.357. The van der Waals surface area contributed by atoms with E-state index in [1.807, 2.05) is 18.3 Å². The molecule has 1 saturated heterocycles. The second kappa shape index (κ2) is 4.46. The van der Waals surface area contributed by atoms with Crippen molar-refractivity contribution in [3.05, 3.63) is 36.0 Å². The van der Waals surface area contributed by atoms with Crippen molar-refractivity contribution in [1.82, 2.24) is 4.57 Å². The highest BCUT2D eigenvalue weighted by Gasteiger charge is 2.17. The van der Waals surface area contributed by atoms with Crippen molar-refractivity contribution in [2.75, 3.05) is 6.61 Å². The number of nitrogens with zero attached hydrogens (tertiary/aromatic N) is 1. The van der Waals surface area contributed by atoms with Crippen LogP contribution in [0.1, 0.15) is 23.2 Å². The number of fused-ring (bicyclic) bond motifs is 1. The molecule has 0 amide bonds. The number of carbonyl (C=O) groups is 1. The molecule has 94 valence electrons. The van der Waals surface area contributed by atoms with Gasteiger partial charge in [-0.25, -0.2) is 4.79 Å². The highest BCUT2D eigenvalue weighted by molar-refractivity contribution is 5.93. The molecule has 0 aliphatic carbocycles. The molecule has 0 saturated carbocycles. The van der Waals surface area contributed by atoms with E-state index in [0.717, 1.165) is 36.9 Å². The zero-order chi connectivity index (χ0) is 12.5. The molecule has 1 aromatic heterocycles. The van der Waals surface area contributed by atoms with Gasteiger partial charge in [0.2, 0.25) is 0 Å². The molecule has 1 fully saturated rings. The Morgan fingerprint density at radius 1 is 1.44 bits per heavy atom. The molecule has 1 atom stereocenters. The number of carboxylic acids is 1. The van der Waals surface area contributed by atoms with E-state index in [2.05, 4.69) is 4.57 Å². The van der Waals surface area contributed by atoms with Crippen molar-refractivity contribution in [2.24, 2.45) is 0 Å². The standard InChI is InChI=1S/C14H15NO3/c16-14(17)11-4-3-10-5-6-15(13(10)8-11)9-12-2-1-7-18-12/h3-6,8,12H,1-2,7,9H2,(H,16,17). The minimum absolute atomic E-state index is 0.258. The molecule has 4 nitrogen and oxygen atoms in total. The molecular formula is C14H15NO3. The normalized spacial score (nSPS) is 19.4. The summed E-state index contributed by atoms with van der Waals surface area (Å²) in [6.45, 7) is 1.64. The third-order valence-corrected chi connectivity index (χ3v) is 3.45. The molecule has 0 bridgehead atoms. The van der Waals surface area contributed by atoms with Gasteiger partial charge in [0, 0.05) is 24.9 Å². The smallest absolute Gasteiger partial charge is 0.335 e. The van der Waals surface area contributed by atoms with Crippen LogP contribution in [-0.2, 0) is 11.3 Å². The van der Waals surface area contributed by atoms with Gasteiger partial charge < -0.3 is 14.4 Å². The summed E-state index contributed by atoms with van der Waals surface area (Å²) in [4.78, 5) is 11.0. The quantitative estimate of drug-likeness (QED) is 0.904. The monoisotopic (exact) mass is 245 g/mol. The number of rotatable bonds is 3. The molecule has 1 aromatic carbocycles. The van der Waals surface area contributed by atoms with E-state index in [9.17, 15) is 4.79 Å². The summed E-state index contributed by atoms with van der Waals surface area (Å²) in [5.74, 6) is -0.887. The third-order valence-electron chi connectivity index (χ3n) is 3.45. The zero-order valence-electron chi connectivity index (χ0n) is 10.0. The van der Waals surface area contributed by atoms with Crippen molar-refractivity contribution in [3.63, 3.8) is 0 Å². The third kappa shape index (κ3) is 1.99. The molecule has 0 radical (unpaired) electrons. The molecule has 0 spiro atoms. The average molecular weight is 245 g/mol. The summed E-state index contributed by atoms with van der Waals surface area (Å²) in [5, 5.41) is 10.1. The van der Waals surface area contributed by atoms with Crippen LogP contribution in [0.3, 0.4) is 0 Å². The number of carboxylic acid groups (broad SMARTS) is 1. The maximum absolute atomic E-state index is 11.0. The van der Waals surface area contributed by atoms with Gasteiger partial charge in [0.25, 0.3) is 0 Å².